The van der Waals surface area contributed by atoms with Gasteiger partial charge in [-0.3, -0.25) is 10.1 Å². The minimum atomic E-state index is -0.413. The summed E-state index contributed by atoms with van der Waals surface area (Å²) in [6.07, 6.45) is 1.77. The van der Waals surface area contributed by atoms with Crippen LogP contribution in [0.1, 0.15) is 24.2 Å². The number of aryl methyl sites for hydroxylation is 2. The molecule has 3 heterocycles. The maximum Gasteiger partial charge on any atom is 0.269 e. The first-order valence-electron chi connectivity index (χ1n) is 9.53. The van der Waals surface area contributed by atoms with Crippen molar-refractivity contribution in [3.05, 3.63) is 64.0 Å². The number of nitrogens with zero attached hydrogens (tertiary/aromatic N) is 6. The summed E-state index contributed by atoms with van der Waals surface area (Å²) in [6, 6.07) is 12.1. The van der Waals surface area contributed by atoms with Gasteiger partial charge in [0.2, 0.25) is 0 Å². The summed E-state index contributed by atoms with van der Waals surface area (Å²) in [7, 11) is 0. The number of nitro benzene ring substituents is 1. The average molecular weight is 394 g/mol. The van der Waals surface area contributed by atoms with Gasteiger partial charge in [-0.2, -0.15) is 5.10 Å². The molecule has 0 spiro atoms. The van der Waals surface area contributed by atoms with E-state index in [4.69, 9.17) is 4.74 Å². The van der Waals surface area contributed by atoms with Crippen molar-refractivity contribution in [2.75, 3.05) is 18.0 Å². The van der Waals surface area contributed by atoms with Crippen molar-refractivity contribution in [2.45, 2.75) is 32.8 Å². The van der Waals surface area contributed by atoms with Gasteiger partial charge in [-0.05, 0) is 44.2 Å². The number of anilines is 1. The highest BCUT2D eigenvalue weighted by Gasteiger charge is 2.22. The van der Waals surface area contributed by atoms with E-state index in [0.29, 0.717) is 11.6 Å². The second-order valence-corrected chi connectivity index (χ2v) is 7.14. The molecule has 0 N–H and O–H groups in total. The smallest absolute Gasteiger partial charge is 0.269 e. The molecule has 0 saturated carbocycles. The maximum absolute atomic E-state index is 10.7. The molecule has 1 saturated heterocycles. The van der Waals surface area contributed by atoms with Crippen molar-refractivity contribution in [3.63, 3.8) is 0 Å². The van der Waals surface area contributed by atoms with Crippen LogP contribution >= 0.6 is 0 Å². The highest BCUT2D eigenvalue weighted by molar-refractivity contribution is 5.41. The summed E-state index contributed by atoms with van der Waals surface area (Å²) in [6.45, 7) is 5.57. The Morgan fingerprint density at radius 2 is 1.69 bits per heavy atom. The Kier molecular flexibility index (Phi) is 5.11. The number of rotatable bonds is 5. The van der Waals surface area contributed by atoms with Crippen LogP contribution in [0.3, 0.4) is 0 Å². The number of hydrogen-bond acceptors (Lipinski definition) is 7. The van der Waals surface area contributed by atoms with Crippen LogP contribution in [0.4, 0.5) is 11.5 Å². The first-order chi connectivity index (χ1) is 14.0. The Hall–Kier alpha value is -3.49. The zero-order valence-corrected chi connectivity index (χ0v) is 16.4. The number of hydrogen-bond donors (Lipinski definition) is 0. The van der Waals surface area contributed by atoms with Crippen molar-refractivity contribution >= 4 is 11.5 Å². The molecule has 1 aliphatic heterocycles. The van der Waals surface area contributed by atoms with Gasteiger partial charge >= 0.3 is 0 Å². The molecule has 0 bridgehead atoms. The van der Waals surface area contributed by atoms with Crippen molar-refractivity contribution in [1.29, 1.82) is 0 Å². The minimum Gasteiger partial charge on any atom is -0.490 e. The molecule has 3 aromatic rings. The van der Waals surface area contributed by atoms with Crippen LogP contribution in [0, 0.1) is 24.0 Å². The summed E-state index contributed by atoms with van der Waals surface area (Å²) in [5.74, 6) is 2.20. The Morgan fingerprint density at radius 1 is 1.03 bits per heavy atom. The minimum absolute atomic E-state index is 0.0645. The maximum atomic E-state index is 10.7. The summed E-state index contributed by atoms with van der Waals surface area (Å²) in [4.78, 5) is 12.5. The molecule has 9 nitrogen and oxygen atoms in total. The van der Waals surface area contributed by atoms with Crippen LogP contribution in [0.25, 0.3) is 5.82 Å². The topological polar surface area (TPSA) is 99.2 Å². The Balaban J connectivity index is 1.34. The summed E-state index contributed by atoms with van der Waals surface area (Å²) in [5, 5.41) is 23.9. The zero-order valence-electron chi connectivity index (χ0n) is 16.4. The molecule has 1 fully saturated rings. The highest BCUT2D eigenvalue weighted by atomic mass is 16.6. The van der Waals surface area contributed by atoms with Crippen LogP contribution in [-0.2, 0) is 0 Å². The lowest BCUT2D eigenvalue weighted by Crippen LogP contribution is -2.38. The molecular weight excluding hydrogens is 372 g/mol. The third kappa shape index (κ3) is 4.18. The standard InChI is InChI=1S/C20H22N6O3/c1-14-13-15(2)25(23-14)20-8-7-19(21-22-20)24-11-9-18(10-12-24)29-17-5-3-16(4-6-17)26(27)28/h3-8,13,18H,9-12H2,1-2H3. The van der Waals surface area contributed by atoms with E-state index in [2.05, 4.69) is 20.2 Å². The van der Waals surface area contributed by atoms with Crippen molar-refractivity contribution in [1.82, 2.24) is 20.0 Å². The molecule has 1 aromatic carbocycles. The number of piperidine rings is 1. The van der Waals surface area contributed by atoms with E-state index in [1.54, 1.807) is 16.8 Å². The quantitative estimate of drug-likeness (QED) is 0.484. The Morgan fingerprint density at radius 3 is 2.24 bits per heavy atom. The molecule has 1 aliphatic rings. The zero-order chi connectivity index (χ0) is 20.4. The van der Waals surface area contributed by atoms with Gasteiger partial charge < -0.3 is 9.64 Å². The van der Waals surface area contributed by atoms with Crippen molar-refractivity contribution < 1.29 is 9.66 Å². The number of nitro groups is 1. The fraction of sp³-hybridized carbons (Fsp3) is 0.350. The lowest BCUT2D eigenvalue weighted by molar-refractivity contribution is -0.384. The lowest BCUT2D eigenvalue weighted by Gasteiger charge is -2.32. The van der Waals surface area contributed by atoms with E-state index in [0.717, 1.165) is 43.1 Å². The van der Waals surface area contributed by atoms with Crippen molar-refractivity contribution in [2.24, 2.45) is 0 Å². The van der Waals surface area contributed by atoms with E-state index < -0.39 is 4.92 Å². The number of benzene rings is 1. The van der Waals surface area contributed by atoms with Crippen LogP contribution in [-0.4, -0.2) is 44.1 Å². The van der Waals surface area contributed by atoms with Crippen LogP contribution < -0.4 is 9.64 Å². The third-order valence-electron chi connectivity index (χ3n) is 4.98. The van der Waals surface area contributed by atoms with E-state index in [-0.39, 0.29) is 11.8 Å². The first-order valence-corrected chi connectivity index (χ1v) is 9.53. The third-order valence-corrected chi connectivity index (χ3v) is 4.98. The van der Waals surface area contributed by atoms with E-state index in [1.165, 1.54) is 12.1 Å². The molecule has 4 rings (SSSR count). The van der Waals surface area contributed by atoms with Gasteiger partial charge in [0.25, 0.3) is 5.69 Å². The van der Waals surface area contributed by atoms with Crippen LogP contribution in [0.5, 0.6) is 5.75 Å². The average Bonchev–Trinajstić information content (AvgIpc) is 3.07. The molecule has 150 valence electrons. The number of ether oxygens (including phenoxy) is 1. The molecule has 0 atom stereocenters. The van der Waals surface area contributed by atoms with Gasteiger partial charge in [0.15, 0.2) is 11.6 Å². The summed E-state index contributed by atoms with van der Waals surface area (Å²) < 4.78 is 7.76. The molecule has 0 radical (unpaired) electrons. The molecule has 0 amide bonds. The first kappa shape index (κ1) is 18.9. The molecular formula is C20H22N6O3. The highest BCUT2D eigenvalue weighted by Crippen LogP contribution is 2.24. The predicted octanol–water partition coefficient (Wildman–Crippen LogP) is 3.24. The Labute approximate surface area is 168 Å². The van der Waals surface area contributed by atoms with E-state index in [9.17, 15) is 10.1 Å². The van der Waals surface area contributed by atoms with E-state index >= 15 is 0 Å². The SMILES string of the molecule is Cc1cc(C)n(-c2ccc(N3CCC(Oc4ccc([N+](=O)[O-])cc4)CC3)nn2)n1. The molecule has 0 unspecified atom stereocenters. The number of non-ortho nitro benzene ring substituents is 1. The van der Waals surface area contributed by atoms with Gasteiger partial charge in [0, 0.05) is 43.8 Å². The number of aromatic nitrogens is 4. The van der Waals surface area contributed by atoms with Gasteiger partial charge in [-0.25, -0.2) is 4.68 Å². The molecule has 2 aromatic heterocycles. The fourth-order valence-electron chi connectivity index (χ4n) is 3.50. The normalized spacial score (nSPS) is 14.8. The molecule has 29 heavy (non-hydrogen) atoms. The summed E-state index contributed by atoms with van der Waals surface area (Å²) in [5.41, 5.74) is 2.03. The van der Waals surface area contributed by atoms with Crippen molar-refractivity contribution in [3.8, 4) is 11.6 Å². The van der Waals surface area contributed by atoms with Crippen LogP contribution in [0.2, 0.25) is 0 Å². The fourth-order valence-corrected chi connectivity index (χ4v) is 3.50. The molecule has 9 heteroatoms. The second-order valence-electron chi connectivity index (χ2n) is 7.14. The van der Waals surface area contributed by atoms with Gasteiger partial charge in [-0.15, -0.1) is 10.2 Å². The predicted molar refractivity (Wildman–Crippen MR) is 108 cm³/mol. The largest absolute Gasteiger partial charge is 0.490 e. The Bertz CT molecular complexity index is 992. The summed E-state index contributed by atoms with van der Waals surface area (Å²) >= 11 is 0. The molecule has 0 aliphatic carbocycles. The van der Waals surface area contributed by atoms with Gasteiger partial charge in [0.1, 0.15) is 11.9 Å². The van der Waals surface area contributed by atoms with Gasteiger partial charge in [-0.1, -0.05) is 0 Å². The van der Waals surface area contributed by atoms with E-state index in [1.807, 2.05) is 32.0 Å². The monoisotopic (exact) mass is 394 g/mol. The second kappa shape index (κ2) is 7.86. The van der Waals surface area contributed by atoms with Crippen LogP contribution in [0.15, 0.2) is 42.5 Å². The van der Waals surface area contributed by atoms with Gasteiger partial charge in [0.05, 0.1) is 10.6 Å². The lowest BCUT2D eigenvalue weighted by atomic mass is 10.1.